The summed E-state index contributed by atoms with van der Waals surface area (Å²) in [6.07, 6.45) is 0.254. The monoisotopic (exact) mass is 557 g/mol. The van der Waals surface area contributed by atoms with Gasteiger partial charge < -0.3 is 14.4 Å². The zero-order chi connectivity index (χ0) is 26.3. The van der Waals surface area contributed by atoms with Gasteiger partial charge in [0.1, 0.15) is 24.8 Å². The summed E-state index contributed by atoms with van der Waals surface area (Å²) in [7, 11) is -2.13. The predicted molar refractivity (Wildman–Crippen MR) is 147 cm³/mol. The fraction of sp³-hybridized carbons (Fsp3) is 0.286. The standard InChI is InChI=1S/C28H29ClNO5PS/c1-3-15-30-27(31)34-19-28(30,20-36(32)35-4-2)25-14-13-24(17-26(25)29)37-23-12-8-11-22(16-23)33-18-21-9-6-5-7-10-21/h5-14,16-17,20H,3-4,15,18-19H2,1-2H3. The summed E-state index contributed by atoms with van der Waals surface area (Å²) in [4.78, 5) is 28.7. The number of hydrogen-bond donors (Lipinski definition) is 0. The Kier molecular flexibility index (Phi) is 9.52. The summed E-state index contributed by atoms with van der Waals surface area (Å²) in [6, 6.07) is 23.6. The first kappa shape index (κ1) is 27.5. The maximum atomic E-state index is 12.6. The Hall–Kier alpha value is -2.54. The zero-order valence-corrected chi connectivity index (χ0v) is 23.2. The largest absolute Gasteiger partial charge is 0.603 e. The lowest BCUT2D eigenvalue weighted by Gasteiger charge is -2.32. The quantitative estimate of drug-likeness (QED) is 0.246. The van der Waals surface area contributed by atoms with Crippen LogP contribution in [0, 0.1) is 0 Å². The van der Waals surface area contributed by atoms with Gasteiger partial charge in [-0.05, 0) is 49.2 Å². The summed E-state index contributed by atoms with van der Waals surface area (Å²) in [6.45, 7) is 4.99. The van der Waals surface area contributed by atoms with E-state index >= 15 is 0 Å². The Bertz CT molecular complexity index is 1260. The summed E-state index contributed by atoms with van der Waals surface area (Å²) < 4.78 is 16.7. The van der Waals surface area contributed by atoms with Crippen LogP contribution >= 0.6 is 31.4 Å². The molecule has 1 aliphatic rings. The van der Waals surface area contributed by atoms with Crippen LogP contribution in [0.4, 0.5) is 4.79 Å². The van der Waals surface area contributed by atoms with E-state index in [0.717, 1.165) is 21.1 Å². The van der Waals surface area contributed by atoms with Crippen LogP contribution in [0.25, 0.3) is 0 Å². The van der Waals surface area contributed by atoms with Crippen LogP contribution in [-0.2, 0) is 21.4 Å². The second-order valence-corrected chi connectivity index (χ2v) is 11.1. The molecule has 0 bridgehead atoms. The van der Waals surface area contributed by atoms with Gasteiger partial charge in [0.05, 0.1) is 6.61 Å². The molecule has 0 saturated carbocycles. The average molecular weight is 558 g/mol. The molecule has 6 nitrogen and oxygen atoms in total. The van der Waals surface area contributed by atoms with Gasteiger partial charge in [0.2, 0.25) is 8.00 Å². The van der Waals surface area contributed by atoms with Crippen molar-refractivity contribution in [2.75, 3.05) is 19.8 Å². The first-order valence-electron chi connectivity index (χ1n) is 12.1. The minimum atomic E-state index is -2.13. The normalized spacial score (nSPS) is 17.7. The highest BCUT2D eigenvalue weighted by atomic mass is 35.5. The van der Waals surface area contributed by atoms with Gasteiger partial charge in [0.25, 0.3) is 0 Å². The molecule has 0 aromatic heterocycles. The summed E-state index contributed by atoms with van der Waals surface area (Å²) in [5.41, 5.74) is 0.688. The third-order valence-corrected chi connectivity index (χ3v) is 8.28. The molecular formula is C28H29ClNO5PS. The maximum absolute atomic E-state index is 12.6. The van der Waals surface area contributed by atoms with E-state index in [2.05, 4.69) is 0 Å². The number of halogens is 1. The molecule has 0 aliphatic carbocycles. The molecule has 37 heavy (non-hydrogen) atoms. The maximum Gasteiger partial charge on any atom is 0.411 e. The number of carbonyl (C=O) groups is 1. The summed E-state index contributed by atoms with van der Waals surface area (Å²) in [5.74, 6) is 2.33. The number of carbonyl (C=O) groups excluding carboxylic acids is 1. The van der Waals surface area contributed by atoms with Gasteiger partial charge in [-0.2, -0.15) is 4.52 Å². The van der Waals surface area contributed by atoms with E-state index in [1.807, 2.05) is 79.7 Å². The van der Waals surface area contributed by atoms with E-state index in [1.165, 1.54) is 0 Å². The lowest BCUT2D eigenvalue weighted by Crippen LogP contribution is -2.46. The van der Waals surface area contributed by atoms with Crippen molar-refractivity contribution in [3.63, 3.8) is 0 Å². The fourth-order valence-electron chi connectivity index (χ4n) is 4.16. The Morgan fingerprint density at radius 2 is 1.89 bits per heavy atom. The van der Waals surface area contributed by atoms with Crippen LogP contribution in [0.1, 0.15) is 31.4 Å². The van der Waals surface area contributed by atoms with Crippen molar-refractivity contribution in [2.24, 2.45) is 0 Å². The minimum absolute atomic E-state index is 0.0208. The number of benzene rings is 3. The molecule has 194 valence electrons. The molecule has 0 spiro atoms. The third-order valence-electron chi connectivity index (χ3n) is 5.84. The minimum Gasteiger partial charge on any atom is -0.603 e. The fourth-order valence-corrected chi connectivity index (χ4v) is 6.50. The second-order valence-electron chi connectivity index (χ2n) is 8.46. The number of hydrogen-bond acceptors (Lipinski definition) is 6. The van der Waals surface area contributed by atoms with E-state index in [0.29, 0.717) is 36.8 Å². The number of ether oxygens (including phenoxy) is 2. The first-order chi connectivity index (χ1) is 17.9. The molecule has 1 aliphatic heterocycles. The van der Waals surface area contributed by atoms with E-state index in [9.17, 15) is 9.69 Å². The molecule has 2 unspecified atom stereocenters. The average Bonchev–Trinajstić information content (AvgIpc) is 3.19. The lowest BCUT2D eigenvalue weighted by atomic mass is 9.91. The molecule has 2 atom stereocenters. The van der Waals surface area contributed by atoms with Gasteiger partial charge in [0, 0.05) is 26.9 Å². The number of amides is 1. The van der Waals surface area contributed by atoms with Crippen LogP contribution in [-0.4, -0.2) is 36.5 Å². The smallest absolute Gasteiger partial charge is 0.411 e. The Balaban J connectivity index is 1.57. The third kappa shape index (κ3) is 6.67. The number of cyclic esters (lactones) is 1. The van der Waals surface area contributed by atoms with Crippen LogP contribution in [0.2, 0.25) is 5.02 Å². The molecular weight excluding hydrogens is 529 g/mol. The van der Waals surface area contributed by atoms with E-state index in [4.69, 9.17) is 25.6 Å². The van der Waals surface area contributed by atoms with Gasteiger partial charge in [-0.1, -0.05) is 72.8 Å². The predicted octanol–water partition coefficient (Wildman–Crippen LogP) is 6.64. The molecule has 0 radical (unpaired) electrons. The molecule has 4 rings (SSSR count). The van der Waals surface area contributed by atoms with Crippen molar-refractivity contribution in [1.82, 2.24) is 4.90 Å². The molecule has 9 heteroatoms. The van der Waals surface area contributed by atoms with Gasteiger partial charge in [-0.3, -0.25) is 4.90 Å². The van der Waals surface area contributed by atoms with Crippen molar-refractivity contribution in [1.29, 1.82) is 0 Å². The van der Waals surface area contributed by atoms with Gasteiger partial charge in [-0.15, -0.1) is 0 Å². The summed E-state index contributed by atoms with van der Waals surface area (Å²) >= 11 is 8.35. The number of nitrogens with zero attached hydrogens (tertiary/aromatic N) is 1. The van der Waals surface area contributed by atoms with Crippen molar-refractivity contribution in [3.8, 4) is 5.75 Å². The van der Waals surface area contributed by atoms with Crippen molar-refractivity contribution < 1.29 is 23.7 Å². The van der Waals surface area contributed by atoms with E-state index < -0.39 is 19.6 Å². The topological polar surface area (TPSA) is 71.1 Å². The molecule has 3 aromatic carbocycles. The van der Waals surface area contributed by atoms with Gasteiger partial charge in [-0.25, -0.2) is 4.79 Å². The highest BCUT2D eigenvalue weighted by molar-refractivity contribution is 7.99. The van der Waals surface area contributed by atoms with Gasteiger partial charge >= 0.3 is 6.09 Å². The lowest BCUT2D eigenvalue weighted by molar-refractivity contribution is -0.171. The first-order valence-corrected chi connectivity index (χ1v) is 14.5. The van der Waals surface area contributed by atoms with Crippen LogP contribution in [0.3, 0.4) is 0 Å². The molecule has 0 N–H and O–H groups in total. The zero-order valence-electron chi connectivity index (χ0n) is 20.8. The van der Waals surface area contributed by atoms with Crippen LogP contribution < -0.4 is 9.63 Å². The van der Waals surface area contributed by atoms with Crippen molar-refractivity contribution in [3.05, 3.63) is 88.9 Å². The van der Waals surface area contributed by atoms with Crippen LogP contribution in [0.15, 0.2) is 82.6 Å². The van der Waals surface area contributed by atoms with Crippen molar-refractivity contribution in [2.45, 2.75) is 42.2 Å². The SMILES string of the molecule is CCCN1C(=O)OCC1(C=[P+]([O-])OCC)c1ccc(Sc2cccc(OCc3ccccc3)c2)cc1Cl. The van der Waals surface area contributed by atoms with Gasteiger partial charge in [0.15, 0.2) is 5.54 Å². The van der Waals surface area contributed by atoms with Crippen LogP contribution in [0.5, 0.6) is 5.75 Å². The Labute approximate surface area is 228 Å². The van der Waals surface area contributed by atoms with E-state index in [1.54, 1.807) is 29.4 Å². The molecule has 1 fully saturated rings. The molecule has 1 amide bonds. The highest BCUT2D eigenvalue weighted by Crippen LogP contribution is 2.42. The molecule has 1 heterocycles. The van der Waals surface area contributed by atoms with E-state index in [-0.39, 0.29) is 6.61 Å². The number of rotatable bonds is 11. The Morgan fingerprint density at radius 1 is 1.11 bits per heavy atom. The van der Waals surface area contributed by atoms with Crippen molar-refractivity contribution >= 4 is 43.3 Å². The highest BCUT2D eigenvalue weighted by Gasteiger charge is 2.51. The summed E-state index contributed by atoms with van der Waals surface area (Å²) in [5, 5.41) is 0.456. The Morgan fingerprint density at radius 3 is 2.62 bits per heavy atom. The molecule has 1 saturated heterocycles. The molecule has 3 aromatic rings. The second kappa shape index (κ2) is 12.8.